The fraction of sp³-hybridized carbons (Fsp3) is 0.250. The molecule has 0 saturated carbocycles. The number of carbonyl (C=O) groups is 1. The van der Waals surface area contributed by atoms with Crippen molar-refractivity contribution >= 4 is 33.4 Å². The Morgan fingerprint density at radius 2 is 1.92 bits per heavy atom. The molecule has 0 bridgehead atoms. The van der Waals surface area contributed by atoms with Crippen LogP contribution < -0.4 is 5.32 Å². The number of halogens is 4. The minimum atomic E-state index is -4.96. The predicted molar refractivity (Wildman–Crippen MR) is 76.6 cm³/mol. The zero-order valence-electron chi connectivity index (χ0n) is 12.1. The van der Waals surface area contributed by atoms with Gasteiger partial charge in [0, 0.05) is 13.2 Å². The maximum absolute atomic E-state index is 13.0. The maximum Gasteiger partial charge on any atom is 0.417 e. The number of anilines is 1. The Labute approximate surface area is 138 Å². The summed E-state index contributed by atoms with van der Waals surface area (Å²) in [6.07, 6.45) is -4.40. The highest BCUT2D eigenvalue weighted by Crippen LogP contribution is 2.39. The summed E-state index contributed by atoms with van der Waals surface area (Å²) in [6.45, 7) is 1.45. The zero-order chi connectivity index (χ0) is 18.3. The molecule has 1 heterocycles. The fourth-order valence-corrected chi connectivity index (χ4v) is 3.52. The van der Waals surface area contributed by atoms with Gasteiger partial charge in [-0.1, -0.05) is 16.7 Å². The van der Waals surface area contributed by atoms with Crippen molar-refractivity contribution in [1.82, 2.24) is 10.2 Å². The van der Waals surface area contributed by atoms with E-state index in [4.69, 9.17) is 16.0 Å². The second-order valence-corrected chi connectivity index (χ2v) is 6.98. The number of hydrogen-bond donors (Lipinski definition) is 1. The summed E-state index contributed by atoms with van der Waals surface area (Å²) in [7, 11) is -4.36. The number of nitrogens with one attached hydrogen (secondary N) is 1. The zero-order valence-corrected chi connectivity index (χ0v) is 13.7. The average Bonchev–Trinajstić information content (AvgIpc) is 2.80. The lowest BCUT2D eigenvalue weighted by atomic mass is 10.1. The Kier molecular flexibility index (Phi) is 4.59. The van der Waals surface area contributed by atoms with E-state index in [2.05, 4.69) is 15.5 Å². The Morgan fingerprint density at radius 3 is 2.38 bits per heavy atom. The van der Waals surface area contributed by atoms with Crippen molar-refractivity contribution < 1.29 is 30.8 Å². The third-order valence-corrected chi connectivity index (χ3v) is 4.43. The summed E-state index contributed by atoms with van der Waals surface area (Å²) >= 11 is 5.76. The van der Waals surface area contributed by atoms with E-state index < -0.39 is 43.0 Å². The van der Waals surface area contributed by atoms with E-state index in [-0.39, 0.29) is 11.9 Å². The average molecular weight is 384 g/mol. The quantitative estimate of drug-likeness (QED) is 0.874. The van der Waals surface area contributed by atoms with Crippen molar-refractivity contribution in [2.45, 2.75) is 18.0 Å². The molecule has 24 heavy (non-hydrogen) atoms. The summed E-state index contributed by atoms with van der Waals surface area (Å²) < 4.78 is 67.2. The third kappa shape index (κ3) is 3.67. The lowest BCUT2D eigenvalue weighted by Crippen LogP contribution is -2.18. The predicted octanol–water partition coefficient (Wildman–Crippen LogP) is 2.71. The third-order valence-electron chi connectivity index (χ3n) is 2.76. The van der Waals surface area contributed by atoms with Gasteiger partial charge in [0.15, 0.2) is 9.84 Å². The molecule has 0 atom stereocenters. The first-order valence-electron chi connectivity index (χ1n) is 6.12. The molecular weight excluding hydrogens is 375 g/mol. The number of rotatable bonds is 3. The molecule has 130 valence electrons. The van der Waals surface area contributed by atoms with Gasteiger partial charge in [0.1, 0.15) is 0 Å². The topological polar surface area (TPSA) is 102 Å². The first kappa shape index (κ1) is 18.2. The molecule has 0 radical (unpaired) electrons. The number of aromatic nitrogens is 2. The van der Waals surface area contributed by atoms with Crippen molar-refractivity contribution in [2.75, 3.05) is 11.6 Å². The molecule has 2 aromatic rings. The first-order valence-corrected chi connectivity index (χ1v) is 8.39. The van der Waals surface area contributed by atoms with E-state index in [9.17, 15) is 26.4 Å². The Morgan fingerprint density at radius 1 is 1.29 bits per heavy atom. The minimum absolute atomic E-state index is 0.139. The largest absolute Gasteiger partial charge is 0.417 e. The fourth-order valence-electron chi connectivity index (χ4n) is 1.83. The smallest absolute Gasteiger partial charge is 0.408 e. The van der Waals surface area contributed by atoms with Crippen molar-refractivity contribution in [2.24, 2.45) is 0 Å². The van der Waals surface area contributed by atoms with Crippen molar-refractivity contribution in [3.63, 3.8) is 0 Å². The Bertz CT molecular complexity index is 909. The molecule has 0 aliphatic rings. The summed E-state index contributed by atoms with van der Waals surface area (Å²) in [6, 6.07) is 0.920. The van der Waals surface area contributed by atoms with Crippen LogP contribution in [0.4, 0.5) is 19.2 Å². The van der Waals surface area contributed by atoms with E-state index in [0.717, 1.165) is 6.07 Å². The molecule has 0 aliphatic heterocycles. The van der Waals surface area contributed by atoms with Crippen LogP contribution in [-0.4, -0.2) is 30.8 Å². The molecule has 12 heteroatoms. The van der Waals surface area contributed by atoms with Crippen LogP contribution in [0.25, 0.3) is 0 Å². The lowest BCUT2D eigenvalue weighted by molar-refractivity contribution is -0.139. The van der Waals surface area contributed by atoms with Crippen molar-refractivity contribution in [3.8, 4) is 0 Å². The molecule has 7 nitrogen and oxygen atoms in total. The number of hydrogen-bond acceptors (Lipinski definition) is 6. The van der Waals surface area contributed by atoms with Crippen LogP contribution in [0.1, 0.15) is 21.8 Å². The SMILES string of the molecule is Cc1nnc(NC(=O)c2ccc(C(F)(F)F)c(S(C)(=O)=O)c2Cl)o1. The van der Waals surface area contributed by atoms with Crippen LogP contribution >= 0.6 is 11.6 Å². The molecule has 0 spiro atoms. The molecule has 2 rings (SSSR count). The number of amides is 1. The van der Waals surface area contributed by atoms with Gasteiger partial charge in [0.2, 0.25) is 5.89 Å². The van der Waals surface area contributed by atoms with Gasteiger partial charge < -0.3 is 4.42 Å². The van der Waals surface area contributed by atoms with Gasteiger partial charge in [0.25, 0.3) is 5.91 Å². The van der Waals surface area contributed by atoms with E-state index in [1.807, 2.05) is 0 Å². The van der Waals surface area contributed by atoms with Crippen LogP contribution in [0.3, 0.4) is 0 Å². The first-order chi connectivity index (χ1) is 10.9. The summed E-state index contributed by atoms with van der Waals surface area (Å²) in [5.74, 6) is -0.858. The van der Waals surface area contributed by atoms with Gasteiger partial charge in [-0.25, -0.2) is 8.42 Å². The maximum atomic E-state index is 13.0. The minimum Gasteiger partial charge on any atom is -0.408 e. The Balaban J connectivity index is 2.55. The highest BCUT2D eigenvalue weighted by atomic mass is 35.5. The van der Waals surface area contributed by atoms with Gasteiger partial charge in [-0.2, -0.15) is 13.2 Å². The number of aryl methyl sites for hydroxylation is 1. The number of sulfone groups is 1. The van der Waals surface area contributed by atoms with Gasteiger partial charge in [-0.3, -0.25) is 10.1 Å². The van der Waals surface area contributed by atoms with E-state index in [1.54, 1.807) is 0 Å². The number of alkyl halides is 3. The van der Waals surface area contributed by atoms with Crippen LogP contribution in [0.15, 0.2) is 21.4 Å². The molecular formula is C12H9ClF3N3O4S. The molecule has 0 unspecified atom stereocenters. The lowest BCUT2D eigenvalue weighted by Gasteiger charge is -2.15. The summed E-state index contributed by atoms with van der Waals surface area (Å²) in [5, 5.41) is 8.20. The Hall–Kier alpha value is -2.14. The molecule has 1 amide bonds. The second-order valence-electron chi connectivity index (χ2n) is 4.65. The molecule has 1 aromatic carbocycles. The molecule has 0 saturated heterocycles. The van der Waals surface area contributed by atoms with Crippen LogP contribution in [0.2, 0.25) is 5.02 Å². The van der Waals surface area contributed by atoms with Gasteiger partial charge in [-0.05, 0) is 12.1 Å². The normalized spacial score (nSPS) is 12.2. The summed E-state index contributed by atoms with van der Waals surface area (Å²) in [4.78, 5) is 10.9. The monoisotopic (exact) mass is 383 g/mol. The van der Waals surface area contributed by atoms with E-state index in [0.29, 0.717) is 12.3 Å². The molecule has 0 fully saturated rings. The highest BCUT2D eigenvalue weighted by Gasteiger charge is 2.38. The second kappa shape index (κ2) is 6.06. The van der Waals surface area contributed by atoms with Crippen molar-refractivity contribution in [1.29, 1.82) is 0 Å². The number of nitrogens with zero attached hydrogens (tertiary/aromatic N) is 2. The van der Waals surface area contributed by atoms with E-state index in [1.165, 1.54) is 6.92 Å². The summed E-state index contributed by atoms with van der Waals surface area (Å²) in [5.41, 5.74) is -1.94. The number of carbonyl (C=O) groups excluding carboxylic acids is 1. The van der Waals surface area contributed by atoms with Crippen LogP contribution in [0.5, 0.6) is 0 Å². The molecule has 1 N–H and O–H groups in total. The highest BCUT2D eigenvalue weighted by molar-refractivity contribution is 7.90. The van der Waals surface area contributed by atoms with Crippen LogP contribution in [0, 0.1) is 6.92 Å². The van der Waals surface area contributed by atoms with Gasteiger partial charge >= 0.3 is 12.2 Å². The molecule has 1 aromatic heterocycles. The molecule has 0 aliphatic carbocycles. The van der Waals surface area contributed by atoms with E-state index >= 15 is 0 Å². The van der Waals surface area contributed by atoms with Crippen LogP contribution in [-0.2, 0) is 16.0 Å². The van der Waals surface area contributed by atoms with Crippen molar-refractivity contribution in [3.05, 3.63) is 34.2 Å². The number of benzene rings is 1. The van der Waals surface area contributed by atoms with Gasteiger partial charge in [-0.15, -0.1) is 5.10 Å². The van der Waals surface area contributed by atoms with Gasteiger partial charge in [0.05, 0.1) is 21.0 Å². The standard InChI is InChI=1S/C12H9ClF3N3O4S/c1-5-18-19-11(23-5)17-10(20)6-3-4-7(12(14,15)16)9(8(6)13)24(2,21)22/h3-4H,1-2H3,(H,17,19,20).